The van der Waals surface area contributed by atoms with Crippen molar-refractivity contribution >= 4 is 12.0 Å². The fourth-order valence-corrected chi connectivity index (χ4v) is 0.829. The molecule has 0 aliphatic rings. The van der Waals surface area contributed by atoms with E-state index in [1.807, 2.05) is 12.1 Å². The Morgan fingerprint density at radius 3 is 3.15 bits per heavy atom. The van der Waals surface area contributed by atoms with E-state index in [0.29, 0.717) is 6.61 Å². The first kappa shape index (κ1) is 9.45. The van der Waals surface area contributed by atoms with Gasteiger partial charge in [-0.1, -0.05) is 6.07 Å². The van der Waals surface area contributed by atoms with Crippen LogP contribution < -0.4 is 0 Å². The Bertz CT molecular complexity index is 293. The topological polar surface area (TPSA) is 39.2 Å². The van der Waals surface area contributed by atoms with Gasteiger partial charge in [-0.3, -0.25) is 4.98 Å². The minimum atomic E-state index is -0.327. The summed E-state index contributed by atoms with van der Waals surface area (Å²) in [6, 6.07) is 3.67. The van der Waals surface area contributed by atoms with Crippen LogP contribution in [-0.2, 0) is 9.53 Å². The van der Waals surface area contributed by atoms with E-state index in [1.165, 1.54) is 6.08 Å². The van der Waals surface area contributed by atoms with Gasteiger partial charge in [-0.25, -0.2) is 4.79 Å². The van der Waals surface area contributed by atoms with Crippen LogP contribution in [0.3, 0.4) is 0 Å². The summed E-state index contributed by atoms with van der Waals surface area (Å²) in [6.07, 6.45) is 6.42. The summed E-state index contributed by atoms with van der Waals surface area (Å²) >= 11 is 0. The number of nitrogens with zero attached hydrogens (tertiary/aromatic N) is 1. The number of aromatic nitrogens is 1. The summed E-state index contributed by atoms with van der Waals surface area (Å²) in [6.45, 7) is 2.17. The molecule has 0 aliphatic carbocycles. The highest BCUT2D eigenvalue weighted by molar-refractivity contribution is 5.86. The second-order valence-electron chi connectivity index (χ2n) is 2.37. The summed E-state index contributed by atoms with van der Waals surface area (Å²) in [5.41, 5.74) is 0.885. The molecule has 0 amide bonds. The zero-order valence-electron chi connectivity index (χ0n) is 7.43. The van der Waals surface area contributed by atoms with Crippen molar-refractivity contribution in [3.63, 3.8) is 0 Å². The molecule has 0 spiro atoms. The molecule has 0 atom stereocenters. The highest BCUT2D eigenvalue weighted by Crippen LogP contribution is 1.98. The van der Waals surface area contributed by atoms with Gasteiger partial charge in [0.05, 0.1) is 6.61 Å². The first-order valence-corrected chi connectivity index (χ1v) is 4.08. The van der Waals surface area contributed by atoms with Gasteiger partial charge < -0.3 is 4.74 Å². The van der Waals surface area contributed by atoms with Crippen molar-refractivity contribution < 1.29 is 9.53 Å². The molecule has 1 aromatic rings. The van der Waals surface area contributed by atoms with Gasteiger partial charge in [-0.2, -0.15) is 0 Å². The molecule has 0 bridgehead atoms. The molecule has 0 saturated heterocycles. The van der Waals surface area contributed by atoms with Gasteiger partial charge in [0, 0.05) is 18.5 Å². The molecule has 1 aromatic heterocycles. The first-order chi connectivity index (χ1) is 6.33. The maximum absolute atomic E-state index is 10.9. The number of hydrogen-bond donors (Lipinski definition) is 0. The molecule has 1 rings (SSSR count). The van der Waals surface area contributed by atoms with Crippen LogP contribution in [-0.4, -0.2) is 17.6 Å². The van der Waals surface area contributed by atoms with Crippen molar-refractivity contribution in [2.75, 3.05) is 6.61 Å². The number of ether oxygens (including phenoxy) is 1. The molecular formula is C10H11NO2. The predicted octanol–water partition coefficient (Wildman–Crippen LogP) is 1.66. The van der Waals surface area contributed by atoms with Crippen LogP contribution in [0.5, 0.6) is 0 Å². The lowest BCUT2D eigenvalue weighted by atomic mass is 10.2. The van der Waals surface area contributed by atoms with Crippen molar-refractivity contribution in [3.8, 4) is 0 Å². The van der Waals surface area contributed by atoms with Crippen molar-refractivity contribution in [1.82, 2.24) is 4.98 Å². The number of rotatable bonds is 3. The van der Waals surface area contributed by atoms with Gasteiger partial charge in [0.15, 0.2) is 0 Å². The number of esters is 1. The molecular weight excluding hydrogens is 166 g/mol. The molecule has 0 N–H and O–H groups in total. The van der Waals surface area contributed by atoms with E-state index in [4.69, 9.17) is 4.74 Å². The van der Waals surface area contributed by atoms with Crippen molar-refractivity contribution in [2.45, 2.75) is 6.92 Å². The lowest BCUT2D eigenvalue weighted by Crippen LogP contribution is -1.98. The van der Waals surface area contributed by atoms with Crippen LogP contribution in [0.15, 0.2) is 30.6 Å². The van der Waals surface area contributed by atoms with Crippen LogP contribution in [0.1, 0.15) is 12.5 Å². The minimum absolute atomic E-state index is 0.327. The maximum Gasteiger partial charge on any atom is 0.330 e. The molecule has 3 heteroatoms. The van der Waals surface area contributed by atoms with Crippen LogP contribution in [0.25, 0.3) is 6.08 Å². The Balaban J connectivity index is 2.54. The lowest BCUT2D eigenvalue weighted by Gasteiger charge is -1.94. The molecule has 0 fully saturated rings. The third kappa shape index (κ3) is 3.51. The monoisotopic (exact) mass is 177 g/mol. The van der Waals surface area contributed by atoms with E-state index in [9.17, 15) is 4.79 Å². The number of carbonyl (C=O) groups is 1. The highest BCUT2D eigenvalue weighted by atomic mass is 16.5. The zero-order chi connectivity index (χ0) is 9.52. The second-order valence-corrected chi connectivity index (χ2v) is 2.37. The van der Waals surface area contributed by atoms with E-state index < -0.39 is 0 Å². The summed E-state index contributed by atoms with van der Waals surface area (Å²) < 4.78 is 4.72. The van der Waals surface area contributed by atoms with Crippen LogP contribution in [0.4, 0.5) is 0 Å². The smallest absolute Gasteiger partial charge is 0.330 e. The number of pyridine rings is 1. The summed E-state index contributed by atoms with van der Waals surface area (Å²) in [4.78, 5) is 14.8. The third-order valence-corrected chi connectivity index (χ3v) is 1.38. The Morgan fingerprint density at radius 1 is 1.69 bits per heavy atom. The van der Waals surface area contributed by atoms with E-state index in [1.54, 1.807) is 25.4 Å². The Kier molecular flexibility index (Phi) is 3.70. The Morgan fingerprint density at radius 2 is 2.54 bits per heavy atom. The van der Waals surface area contributed by atoms with Gasteiger partial charge in [0.1, 0.15) is 0 Å². The number of hydrogen-bond acceptors (Lipinski definition) is 3. The second kappa shape index (κ2) is 5.09. The molecule has 0 radical (unpaired) electrons. The zero-order valence-corrected chi connectivity index (χ0v) is 7.43. The first-order valence-electron chi connectivity index (χ1n) is 4.08. The maximum atomic E-state index is 10.9. The lowest BCUT2D eigenvalue weighted by molar-refractivity contribution is -0.137. The fourth-order valence-electron chi connectivity index (χ4n) is 0.829. The average Bonchev–Trinajstić information content (AvgIpc) is 2.17. The van der Waals surface area contributed by atoms with Gasteiger partial charge in [-0.05, 0) is 24.6 Å². The molecule has 68 valence electrons. The van der Waals surface area contributed by atoms with Gasteiger partial charge >= 0.3 is 5.97 Å². The molecule has 0 saturated carbocycles. The van der Waals surface area contributed by atoms with Crippen LogP contribution in [0.2, 0.25) is 0 Å². The molecule has 13 heavy (non-hydrogen) atoms. The number of carbonyl (C=O) groups excluding carboxylic acids is 1. The largest absolute Gasteiger partial charge is 0.463 e. The van der Waals surface area contributed by atoms with Gasteiger partial charge in [-0.15, -0.1) is 0 Å². The van der Waals surface area contributed by atoms with Gasteiger partial charge in [0.2, 0.25) is 0 Å². The van der Waals surface area contributed by atoms with Crippen molar-refractivity contribution in [1.29, 1.82) is 0 Å². The van der Waals surface area contributed by atoms with E-state index in [0.717, 1.165) is 5.56 Å². The molecule has 1 heterocycles. The minimum Gasteiger partial charge on any atom is -0.463 e. The normalized spacial score (nSPS) is 10.2. The van der Waals surface area contributed by atoms with Crippen molar-refractivity contribution in [3.05, 3.63) is 36.2 Å². The summed E-state index contributed by atoms with van der Waals surface area (Å²) in [5.74, 6) is -0.327. The van der Waals surface area contributed by atoms with E-state index in [-0.39, 0.29) is 5.97 Å². The fraction of sp³-hybridized carbons (Fsp3) is 0.200. The van der Waals surface area contributed by atoms with Crippen LogP contribution >= 0.6 is 0 Å². The highest BCUT2D eigenvalue weighted by Gasteiger charge is 1.92. The SMILES string of the molecule is CCOC(=O)/C=C\c1cccnc1. The van der Waals surface area contributed by atoms with E-state index >= 15 is 0 Å². The molecule has 3 nitrogen and oxygen atoms in total. The average molecular weight is 177 g/mol. The molecule has 0 aliphatic heterocycles. The predicted molar refractivity (Wildman–Crippen MR) is 49.9 cm³/mol. The standard InChI is InChI=1S/C10H11NO2/c1-2-13-10(12)6-5-9-4-3-7-11-8-9/h3-8H,2H2,1H3/b6-5-. The van der Waals surface area contributed by atoms with E-state index in [2.05, 4.69) is 4.98 Å². The Hall–Kier alpha value is -1.64. The molecule has 0 unspecified atom stereocenters. The quantitative estimate of drug-likeness (QED) is 0.520. The summed E-state index contributed by atoms with van der Waals surface area (Å²) in [7, 11) is 0. The van der Waals surface area contributed by atoms with Gasteiger partial charge in [0.25, 0.3) is 0 Å². The van der Waals surface area contributed by atoms with Crippen LogP contribution in [0, 0.1) is 0 Å². The van der Waals surface area contributed by atoms with Crippen molar-refractivity contribution in [2.24, 2.45) is 0 Å². The Labute approximate surface area is 77.1 Å². The molecule has 0 aromatic carbocycles. The third-order valence-electron chi connectivity index (χ3n) is 1.38. The summed E-state index contributed by atoms with van der Waals surface area (Å²) in [5, 5.41) is 0.